The van der Waals surface area contributed by atoms with Crippen LogP contribution in [0.15, 0.2) is 48.5 Å². The molecule has 1 amide bonds. The van der Waals surface area contributed by atoms with E-state index in [0.717, 1.165) is 24.0 Å². The number of carboxylic acid groups (broad SMARTS) is 1. The lowest BCUT2D eigenvalue weighted by Gasteiger charge is -2.29. The van der Waals surface area contributed by atoms with Crippen molar-refractivity contribution < 1.29 is 19.4 Å². The summed E-state index contributed by atoms with van der Waals surface area (Å²) >= 11 is 0. The predicted molar refractivity (Wildman–Crippen MR) is 104 cm³/mol. The summed E-state index contributed by atoms with van der Waals surface area (Å²) in [5.41, 5.74) is 2.24. The van der Waals surface area contributed by atoms with E-state index in [0.29, 0.717) is 12.1 Å². The SMILES string of the molecule is CC(C)(C)OC(=O)N1CCC[C@H]1c1cccc(-c2ccccc2C(=O)O)c1. The molecule has 0 bridgehead atoms. The van der Waals surface area contributed by atoms with Gasteiger partial charge in [0.2, 0.25) is 0 Å². The second-order valence-electron chi connectivity index (χ2n) is 7.81. The molecule has 1 fully saturated rings. The molecule has 1 heterocycles. The van der Waals surface area contributed by atoms with Crippen LogP contribution in [0.4, 0.5) is 4.79 Å². The van der Waals surface area contributed by atoms with E-state index >= 15 is 0 Å². The van der Waals surface area contributed by atoms with Gasteiger partial charge in [0.1, 0.15) is 5.60 Å². The first kappa shape index (κ1) is 19.0. The van der Waals surface area contributed by atoms with E-state index in [1.807, 2.05) is 57.2 Å². The van der Waals surface area contributed by atoms with Crippen LogP contribution in [-0.2, 0) is 4.74 Å². The van der Waals surface area contributed by atoms with Crippen molar-refractivity contribution >= 4 is 12.1 Å². The quantitative estimate of drug-likeness (QED) is 0.817. The van der Waals surface area contributed by atoms with Gasteiger partial charge in [-0.3, -0.25) is 0 Å². The number of hydrogen-bond acceptors (Lipinski definition) is 3. The van der Waals surface area contributed by atoms with Crippen molar-refractivity contribution in [1.82, 2.24) is 4.90 Å². The van der Waals surface area contributed by atoms with E-state index in [1.165, 1.54) is 0 Å². The van der Waals surface area contributed by atoms with Crippen LogP contribution in [0.25, 0.3) is 11.1 Å². The number of nitrogens with zero attached hydrogens (tertiary/aromatic N) is 1. The molecule has 0 spiro atoms. The molecular weight excluding hydrogens is 342 g/mol. The van der Waals surface area contributed by atoms with Crippen LogP contribution in [0, 0.1) is 0 Å². The Labute approximate surface area is 159 Å². The fourth-order valence-electron chi connectivity index (χ4n) is 3.49. The minimum Gasteiger partial charge on any atom is -0.478 e. The Hall–Kier alpha value is -2.82. The average Bonchev–Trinajstić information content (AvgIpc) is 3.10. The maximum absolute atomic E-state index is 12.6. The molecule has 0 saturated carbocycles. The van der Waals surface area contributed by atoms with Gasteiger partial charge in [-0.05, 0) is 62.4 Å². The standard InChI is InChI=1S/C22H25NO4/c1-22(2,3)27-21(26)23-13-7-12-19(23)16-9-6-8-15(14-16)17-10-4-5-11-18(17)20(24)25/h4-6,8-11,14,19H,7,12-13H2,1-3H3,(H,24,25)/t19-/m0/s1. The van der Waals surface area contributed by atoms with Gasteiger partial charge in [-0.25, -0.2) is 9.59 Å². The Morgan fingerprint density at radius 1 is 1.11 bits per heavy atom. The minimum absolute atomic E-state index is 0.0585. The number of likely N-dealkylation sites (tertiary alicyclic amines) is 1. The first-order valence-electron chi connectivity index (χ1n) is 9.18. The van der Waals surface area contributed by atoms with Crippen LogP contribution in [-0.4, -0.2) is 34.2 Å². The molecule has 3 rings (SSSR count). The van der Waals surface area contributed by atoms with Crippen molar-refractivity contribution in [2.75, 3.05) is 6.54 Å². The summed E-state index contributed by atoms with van der Waals surface area (Å²) in [6.45, 7) is 6.24. The number of carboxylic acids is 1. The van der Waals surface area contributed by atoms with Crippen LogP contribution in [0.2, 0.25) is 0 Å². The van der Waals surface area contributed by atoms with Crippen LogP contribution in [0.5, 0.6) is 0 Å². The van der Waals surface area contributed by atoms with Crippen molar-refractivity contribution in [2.45, 2.75) is 45.3 Å². The van der Waals surface area contributed by atoms with Gasteiger partial charge >= 0.3 is 12.1 Å². The zero-order valence-corrected chi connectivity index (χ0v) is 15.9. The van der Waals surface area contributed by atoms with Gasteiger partial charge in [0.25, 0.3) is 0 Å². The van der Waals surface area contributed by atoms with E-state index in [2.05, 4.69) is 0 Å². The van der Waals surface area contributed by atoms with Gasteiger partial charge in [-0.15, -0.1) is 0 Å². The van der Waals surface area contributed by atoms with E-state index in [4.69, 9.17) is 4.74 Å². The lowest BCUT2D eigenvalue weighted by atomic mass is 9.95. The fraction of sp³-hybridized carbons (Fsp3) is 0.364. The van der Waals surface area contributed by atoms with Gasteiger partial charge in [-0.2, -0.15) is 0 Å². The number of hydrogen-bond donors (Lipinski definition) is 1. The Morgan fingerprint density at radius 3 is 2.56 bits per heavy atom. The second-order valence-corrected chi connectivity index (χ2v) is 7.81. The predicted octanol–water partition coefficient (Wildman–Crippen LogP) is 5.12. The number of amides is 1. The number of benzene rings is 2. The third kappa shape index (κ3) is 4.30. The summed E-state index contributed by atoms with van der Waals surface area (Å²) in [4.78, 5) is 25.9. The average molecular weight is 367 g/mol. The molecule has 2 aromatic carbocycles. The van der Waals surface area contributed by atoms with Gasteiger partial charge < -0.3 is 14.7 Å². The van der Waals surface area contributed by atoms with Crippen molar-refractivity contribution in [2.24, 2.45) is 0 Å². The van der Waals surface area contributed by atoms with Gasteiger partial charge in [0.05, 0.1) is 11.6 Å². The highest BCUT2D eigenvalue weighted by Crippen LogP contribution is 2.35. The minimum atomic E-state index is -0.952. The van der Waals surface area contributed by atoms with Crippen LogP contribution < -0.4 is 0 Å². The van der Waals surface area contributed by atoms with Crippen molar-refractivity contribution in [3.63, 3.8) is 0 Å². The second kappa shape index (κ2) is 7.43. The first-order valence-corrected chi connectivity index (χ1v) is 9.18. The normalized spacial score (nSPS) is 17.0. The smallest absolute Gasteiger partial charge is 0.410 e. The van der Waals surface area contributed by atoms with Gasteiger partial charge in [0.15, 0.2) is 0 Å². The van der Waals surface area contributed by atoms with E-state index < -0.39 is 11.6 Å². The number of aromatic carboxylic acids is 1. The molecule has 142 valence electrons. The maximum atomic E-state index is 12.6. The fourth-order valence-corrected chi connectivity index (χ4v) is 3.49. The topological polar surface area (TPSA) is 66.8 Å². The molecule has 5 heteroatoms. The Balaban J connectivity index is 1.92. The summed E-state index contributed by atoms with van der Waals surface area (Å²) in [6, 6.07) is 14.7. The molecule has 2 aromatic rings. The van der Waals surface area contributed by atoms with Crippen molar-refractivity contribution in [3.8, 4) is 11.1 Å². The molecule has 5 nitrogen and oxygen atoms in total. The maximum Gasteiger partial charge on any atom is 0.410 e. The lowest BCUT2D eigenvalue weighted by Crippen LogP contribution is -2.36. The zero-order valence-electron chi connectivity index (χ0n) is 15.9. The molecule has 0 radical (unpaired) electrons. The number of carbonyl (C=O) groups is 2. The monoisotopic (exact) mass is 367 g/mol. The van der Waals surface area contributed by atoms with Crippen LogP contribution in [0.3, 0.4) is 0 Å². The van der Waals surface area contributed by atoms with E-state index in [1.54, 1.807) is 17.0 Å². The molecule has 1 aliphatic heterocycles. The Morgan fingerprint density at radius 2 is 1.85 bits per heavy atom. The molecule has 27 heavy (non-hydrogen) atoms. The molecule has 0 unspecified atom stereocenters. The highest BCUT2D eigenvalue weighted by molar-refractivity contribution is 5.96. The van der Waals surface area contributed by atoms with Gasteiger partial charge in [0, 0.05) is 6.54 Å². The molecule has 1 atom stereocenters. The number of ether oxygens (including phenoxy) is 1. The summed E-state index contributed by atoms with van der Waals surface area (Å²) < 4.78 is 5.55. The summed E-state index contributed by atoms with van der Waals surface area (Å²) in [6.07, 6.45) is 1.48. The highest BCUT2D eigenvalue weighted by atomic mass is 16.6. The summed E-state index contributed by atoms with van der Waals surface area (Å²) in [5.74, 6) is -0.952. The molecule has 0 aliphatic carbocycles. The molecule has 1 aliphatic rings. The van der Waals surface area contributed by atoms with Crippen molar-refractivity contribution in [1.29, 1.82) is 0 Å². The van der Waals surface area contributed by atoms with Crippen LogP contribution >= 0.6 is 0 Å². The summed E-state index contributed by atoms with van der Waals surface area (Å²) in [5, 5.41) is 9.46. The van der Waals surface area contributed by atoms with Crippen LogP contribution in [0.1, 0.15) is 55.6 Å². The van der Waals surface area contributed by atoms with Crippen molar-refractivity contribution in [3.05, 3.63) is 59.7 Å². The zero-order chi connectivity index (χ0) is 19.6. The first-order chi connectivity index (χ1) is 12.8. The molecule has 1 N–H and O–H groups in total. The number of rotatable bonds is 3. The molecular formula is C22H25NO4. The highest BCUT2D eigenvalue weighted by Gasteiger charge is 2.33. The molecule has 0 aromatic heterocycles. The Bertz CT molecular complexity index is 853. The lowest BCUT2D eigenvalue weighted by molar-refractivity contribution is 0.0224. The largest absolute Gasteiger partial charge is 0.478 e. The Kier molecular flexibility index (Phi) is 5.22. The molecule has 1 saturated heterocycles. The third-order valence-electron chi connectivity index (χ3n) is 4.62. The van der Waals surface area contributed by atoms with E-state index in [-0.39, 0.29) is 17.7 Å². The van der Waals surface area contributed by atoms with E-state index in [9.17, 15) is 14.7 Å². The third-order valence-corrected chi connectivity index (χ3v) is 4.62. The van der Waals surface area contributed by atoms with Gasteiger partial charge in [-0.1, -0.05) is 36.4 Å². The number of carbonyl (C=O) groups excluding carboxylic acids is 1. The summed E-state index contributed by atoms with van der Waals surface area (Å²) in [7, 11) is 0.